The number of carbonyl (C=O) groups is 1. The Hall–Kier alpha value is -1.76. The molecule has 0 atom stereocenters. The highest BCUT2D eigenvalue weighted by Crippen LogP contribution is 2.37. The van der Waals surface area contributed by atoms with Gasteiger partial charge in [-0.2, -0.15) is 0 Å². The van der Waals surface area contributed by atoms with Crippen LogP contribution in [0.3, 0.4) is 0 Å². The third-order valence-corrected chi connectivity index (χ3v) is 6.43. The normalized spacial score (nSPS) is 17.5. The summed E-state index contributed by atoms with van der Waals surface area (Å²) >= 11 is 0. The number of amides is 2. The summed E-state index contributed by atoms with van der Waals surface area (Å²) < 4.78 is 25.9. The van der Waals surface area contributed by atoms with Gasteiger partial charge in [0, 0.05) is 12.2 Å². The molecule has 1 fully saturated rings. The standard InChI is InChI=1S/C19H31N3O3S/c1-5-26(24,25)22-17-7-6-16(12-14(17)2)21-18(23)20-13-15-8-10-19(3,4)11-9-15/h6-7,12,15,22H,5,8-11,13H2,1-4H3,(H2,20,21,23). The van der Waals surface area contributed by atoms with Gasteiger partial charge in [-0.25, -0.2) is 13.2 Å². The van der Waals surface area contributed by atoms with E-state index >= 15 is 0 Å². The fourth-order valence-corrected chi connectivity index (χ4v) is 3.88. The molecule has 0 heterocycles. The quantitative estimate of drug-likeness (QED) is 0.693. The second-order valence-electron chi connectivity index (χ2n) is 7.98. The van der Waals surface area contributed by atoms with Crippen molar-refractivity contribution in [2.24, 2.45) is 11.3 Å². The van der Waals surface area contributed by atoms with Crippen LogP contribution < -0.4 is 15.4 Å². The van der Waals surface area contributed by atoms with Gasteiger partial charge >= 0.3 is 6.03 Å². The number of carbonyl (C=O) groups excluding carboxylic acids is 1. The predicted molar refractivity (Wildman–Crippen MR) is 107 cm³/mol. The molecule has 0 bridgehead atoms. The van der Waals surface area contributed by atoms with Gasteiger partial charge in [0.15, 0.2) is 0 Å². The van der Waals surface area contributed by atoms with Crippen LogP contribution in [0.25, 0.3) is 0 Å². The summed E-state index contributed by atoms with van der Waals surface area (Å²) in [6, 6.07) is 4.90. The molecule has 0 saturated heterocycles. The lowest BCUT2D eigenvalue weighted by Gasteiger charge is -2.34. The van der Waals surface area contributed by atoms with E-state index < -0.39 is 10.0 Å². The third-order valence-electron chi connectivity index (χ3n) is 5.14. The van der Waals surface area contributed by atoms with Crippen molar-refractivity contribution in [2.75, 3.05) is 22.3 Å². The monoisotopic (exact) mass is 381 g/mol. The number of hydrogen-bond acceptors (Lipinski definition) is 3. The molecule has 0 spiro atoms. The van der Waals surface area contributed by atoms with Crippen LogP contribution in [-0.2, 0) is 10.0 Å². The van der Waals surface area contributed by atoms with Crippen molar-refractivity contribution in [3.8, 4) is 0 Å². The van der Waals surface area contributed by atoms with E-state index in [2.05, 4.69) is 29.2 Å². The van der Waals surface area contributed by atoms with E-state index in [0.29, 0.717) is 29.3 Å². The molecule has 0 unspecified atom stereocenters. The number of hydrogen-bond donors (Lipinski definition) is 3. The molecule has 1 aromatic carbocycles. The number of aryl methyl sites for hydroxylation is 1. The highest BCUT2D eigenvalue weighted by atomic mass is 32.2. The van der Waals surface area contributed by atoms with Crippen LogP contribution in [0.4, 0.5) is 16.2 Å². The summed E-state index contributed by atoms with van der Waals surface area (Å²) in [5.74, 6) is 0.564. The summed E-state index contributed by atoms with van der Waals surface area (Å²) in [6.45, 7) is 8.69. The van der Waals surface area contributed by atoms with Gasteiger partial charge in [-0.15, -0.1) is 0 Å². The van der Waals surface area contributed by atoms with Crippen LogP contribution in [-0.4, -0.2) is 26.7 Å². The van der Waals surface area contributed by atoms with Crippen LogP contribution in [0.1, 0.15) is 52.0 Å². The Morgan fingerprint density at radius 2 is 1.88 bits per heavy atom. The number of anilines is 2. The minimum Gasteiger partial charge on any atom is -0.338 e. The summed E-state index contributed by atoms with van der Waals surface area (Å²) in [6.07, 6.45) is 4.71. The van der Waals surface area contributed by atoms with Crippen molar-refractivity contribution in [1.82, 2.24) is 5.32 Å². The summed E-state index contributed by atoms with van der Waals surface area (Å²) in [5.41, 5.74) is 2.36. The average molecular weight is 382 g/mol. The van der Waals surface area contributed by atoms with Gasteiger partial charge in [0.1, 0.15) is 0 Å². The Morgan fingerprint density at radius 3 is 2.46 bits per heavy atom. The van der Waals surface area contributed by atoms with Crippen molar-refractivity contribution in [3.05, 3.63) is 23.8 Å². The minimum atomic E-state index is -3.31. The second kappa shape index (κ2) is 8.29. The van der Waals surface area contributed by atoms with E-state index in [1.807, 2.05) is 0 Å². The number of rotatable bonds is 6. The lowest BCUT2D eigenvalue weighted by molar-refractivity contribution is 0.188. The number of nitrogens with one attached hydrogen (secondary N) is 3. The summed E-state index contributed by atoms with van der Waals surface area (Å²) in [5, 5.41) is 5.76. The second-order valence-corrected chi connectivity index (χ2v) is 9.99. The molecule has 7 heteroatoms. The van der Waals surface area contributed by atoms with Gasteiger partial charge in [0.05, 0.1) is 11.4 Å². The van der Waals surface area contributed by atoms with Gasteiger partial charge in [0.2, 0.25) is 10.0 Å². The summed E-state index contributed by atoms with van der Waals surface area (Å²) in [7, 11) is -3.31. The first-order valence-electron chi connectivity index (χ1n) is 9.26. The average Bonchev–Trinajstić information content (AvgIpc) is 2.56. The molecular formula is C19H31N3O3S. The topological polar surface area (TPSA) is 87.3 Å². The lowest BCUT2D eigenvalue weighted by Crippen LogP contribution is -2.35. The molecule has 2 amide bonds. The molecule has 3 N–H and O–H groups in total. The van der Waals surface area contributed by atoms with Gasteiger partial charge in [-0.05, 0) is 74.6 Å². The predicted octanol–water partition coefficient (Wildman–Crippen LogP) is 4.09. The van der Waals surface area contributed by atoms with Crippen molar-refractivity contribution in [1.29, 1.82) is 0 Å². The molecule has 1 aromatic rings. The molecule has 6 nitrogen and oxygen atoms in total. The first-order valence-corrected chi connectivity index (χ1v) is 10.9. The van der Waals surface area contributed by atoms with Crippen molar-refractivity contribution < 1.29 is 13.2 Å². The highest BCUT2D eigenvalue weighted by Gasteiger charge is 2.26. The number of sulfonamides is 1. The van der Waals surface area contributed by atoms with Gasteiger partial charge in [-0.1, -0.05) is 13.8 Å². The maximum Gasteiger partial charge on any atom is 0.319 e. The molecule has 1 aliphatic rings. The van der Waals surface area contributed by atoms with E-state index in [9.17, 15) is 13.2 Å². The Bertz CT molecular complexity index is 734. The van der Waals surface area contributed by atoms with Gasteiger partial charge in [-0.3, -0.25) is 4.72 Å². The molecule has 0 radical (unpaired) electrons. The van der Waals surface area contributed by atoms with E-state index in [1.165, 1.54) is 12.8 Å². The molecular weight excluding hydrogens is 350 g/mol. The van der Waals surface area contributed by atoms with Crippen molar-refractivity contribution in [3.63, 3.8) is 0 Å². The maximum atomic E-state index is 12.1. The number of benzene rings is 1. The molecule has 1 aliphatic carbocycles. The first-order chi connectivity index (χ1) is 12.1. The highest BCUT2D eigenvalue weighted by molar-refractivity contribution is 7.92. The van der Waals surface area contributed by atoms with Crippen LogP contribution >= 0.6 is 0 Å². The fraction of sp³-hybridized carbons (Fsp3) is 0.632. The number of urea groups is 1. The van der Waals surface area contributed by atoms with Gasteiger partial charge in [0.25, 0.3) is 0 Å². The Labute approximate surface area is 157 Å². The van der Waals surface area contributed by atoms with Crippen LogP contribution in [0.15, 0.2) is 18.2 Å². The smallest absolute Gasteiger partial charge is 0.319 e. The van der Waals surface area contributed by atoms with Gasteiger partial charge < -0.3 is 10.6 Å². The zero-order valence-electron chi connectivity index (χ0n) is 16.2. The SMILES string of the molecule is CCS(=O)(=O)Nc1ccc(NC(=O)NCC2CCC(C)(C)CC2)cc1C. The van der Waals surface area contributed by atoms with E-state index in [0.717, 1.165) is 18.4 Å². The van der Waals surface area contributed by atoms with Crippen LogP contribution in [0.2, 0.25) is 0 Å². The molecule has 146 valence electrons. The molecule has 2 rings (SSSR count). The largest absolute Gasteiger partial charge is 0.338 e. The van der Waals surface area contributed by atoms with Crippen molar-refractivity contribution >= 4 is 27.4 Å². The first kappa shape index (κ1) is 20.6. The van der Waals surface area contributed by atoms with E-state index in [-0.39, 0.29) is 11.8 Å². The Balaban J connectivity index is 1.84. The molecule has 0 aliphatic heterocycles. The minimum absolute atomic E-state index is 0.0210. The zero-order chi connectivity index (χ0) is 19.4. The van der Waals surface area contributed by atoms with E-state index in [4.69, 9.17) is 0 Å². The Kier molecular flexibility index (Phi) is 6.55. The van der Waals surface area contributed by atoms with Crippen molar-refractivity contribution in [2.45, 2.75) is 53.4 Å². The molecule has 1 saturated carbocycles. The zero-order valence-corrected chi connectivity index (χ0v) is 17.0. The van der Waals surface area contributed by atoms with Crippen LogP contribution in [0.5, 0.6) is 0 Å². The lowest BCUT2D eigenvalue weighted by atomic mass is 9.73. The van der Waals surface area contributed by atoms with E-state index in [1.54, 1.807) is 32.0 Å². The van der Waals surface area contributed by atoms with Crippen LogP contribution in [0, 0.1) is 18.3 Å². The maximum absolute atomic E-state index is 12.1. The molecule has 26 heavy (non-hydrogen) atoms. The Morgan fingerprint density at radius 1 is 1.23 bits per heavy atom. The molecule has 0 aromatic heterocycles. The summed E-state index contributed by atoms with van der Waals surface area (Å²) in [4.78, 5) is 12.1. The third kappa shape index (κ3) is 6.20. The fourth-order valence-electron chi connectivity index (χ4n) is 3.17.